The van der Waals surface area contributed by atoms with E-state index < -0.39 is 0 Å². The second kappa shape index (κ2) is 8.36. The van der Waals surface area contributed by atoms with Crippen molar-refractivity contribution in [3.8, 4) is 0 Å². The van der Waals surface area contributed by atoms with E-state index in [-0.39, 0.29) is 6.04 Å². The van der Waals surface area contributed by atoms with Gasteiger partial charge in [0.05, 0.1) is 6.04 Å². The molecule has 1 fully saturated rings. The van der Waals surface area contributed by atoms with Crippen LogP contribution in [0.5, 0.6) is 0 Å². The van der Waals surface area contributed by atoms with Crippen LogP contribution in [0.2, 0.25) is 0 Å². The average molecular weight is 310 g/mol. The molecule has 1 unspecified atom stereocenters. The van der Waals surface area contributed by atoms with Crippen LogP contribution in [0.15, 0.2) is 22.0 Å². The molecule has 1 aromatic rings. The normalized spacial score (nSPS) is 19.8. The van der Waals surface area contributed by atoms with Crippen LogP contribution in [0.3, 0.4) is 0 Å². The van der Waals surface area contributed by atoms with Gasteiger partial charge in [-0.3, -0.25) is 4.90 Å². The number of nitrogens with zero attached hydrogens (tertiary/aromatic N) is 3. The Morgan fingerprint density at radius 1 is 1.43 bits per heavy atom. The van der Waals surface area contributed by atoms with Crippen molar-refractivity contribution in [2.75, 3.05) is 32.7 Å². The monoisotopic (exact) mass is 310 g/mol. The van der Waals surface area contributed by atoms with E-state index in [9.17, 15) is 0 Å². The SMILES string of the molecule is CCCC(C(N)=NO)N1CCN(CCc2ccsc2)CC1. The van der Waals surface area contributed by atoms with Crippen LogP contribution >= 0.6 is 11.3 Å². The molecule has 0 saturated carbocycles. The zero-order valence-corrected chi connectivity index (χ0v) is 13.6. The molecule has 2 heterocycles. The first-order valence-electron chi connectivity index (χ1n) is 7.69. The summed E-state index contributed by atoms with van der Waals surface area (Å²) in [5, 5.41) is 16.5. The summed E-state index contributed by atoms with van der Waals surface area (Å²) in [6.45, 7) is 7.35. The summed E-state index contributed by atoms with van der Waals surface area (Å²) in [5.41, 5.74) is 7.27. The maximum absolute atomic E-state index is 8.93. The summed E-state index contributed by atoms with van der Waals surface area (Å²) in [6.07, 6.45) is 3.12. The maximum Gasteiger partial charge on any atom is 0.156 e. The van der Waals surface area contributed by atoms with Gasteiger partial charge < -0.3 is 15.8 Å². The molecule has 118 valence electrons. The molecule has 0 aromatic carbocycles. The van der Waals surface area contributed by atoms with Crippen molar-refractivity contribution in [2.24, 2.45) is 10.9 Å². The number of piperazine rings is 1. The summed E-state index contributed by atoms with van der Waals surface area (Å²) >= 11 is 1.76. The van der Waals surface area contributed by atoms with Gasteiger partial charge in [-0.25, -0.2) is 0 Å². The molecule has 0 spiro atoms. The molecule has 6 heteroatoms. The Morgan fingerprint density at radius 3 is 2.76 bits per heavy atom. The Hall–Kier alpha value is -1.11. The molecule has 0 aliphatic carbocycles. The van der Waals surface area contributed by atoms with Crippen LogP contribution in [0, 0.1) is 0 Å². The standard InChI is InChI=1S/C15H26N4OS/c1-2-3-14(15(16)17-20)19-9-7-18(8-10-19)6-4-13-5-11-21-12-13/h5,11-12,14,20H,2-4,6-10H2,1H3,(H2,16,17). The summed E-state index contributed by atoms with van der Waals surface area (Å²) in [6, 6.07) is 2.29. The van der Waals surface area contributed by atoms with Gasteiger partial charge in [-0.05, 0) is 35.2 Å². The number of amidine groups is 1. The lowest BCUT2D eigenvalue weighted by Gasteiger charge is -2.38. The molecule has 0 radical (unpaired) electrons. The van der Waals surface area contributed by atoms with Gasteiger partial charge in [-0.1, -0.05) is 18.5 Å². The van der Waals surface area contributed by atoms with Gasteiger partial charge in [-0.15, -0.1) is 0 Å². The van der Waals surface area contributed by atoms with Crippen molar-refractivity contribution in [3.63, 3.8) is 0 Å². The highest BCUT2D eigenvalue weighted by Gasteiger charge is 2.25. The quantitative estimate of drug-likeness (QED) is 0.349. The maximum atomic E-state index is 8.93. The van der Waals surface area contributed by atoms with Gasteiger partial charge in [-0.2, -0.15) is 11.3 Å². The Bertz CT molecular complexity index is 427. The van der Waals surface area contributed by atoms with Gasteiger partial charge >= 0.3 is 0 Å². The molecule has 1 aromatic heterocycles. The Kier molecular flexibility index (Phi) is 6.48. The lowest BCUT2D eigenvalue weighted by molar-refractivity contribution is 0.113. The van der Waals surface area contributed by atoms with Crippen LogP contribution in [0.25, 0.3) is 0 Å². The van der Waals surface area contributed by atoms with E-state index in [0.29, 0.717) is 5.84 Å². The highest BCUT2D eigenvalue weighted by molar-refractivity contribution is 7.07. The molecule has 1 aliphatic heterocycles. The fourth-order valence-electron chi connectivity index (χ4n) is 2.88. The van der Waals surface area contributed by atoms with Gasteiger partial charge in [0.25, 0.3) is 0 Å². The van der Waals surface area contributed by atoms with Crippen molar-refractivity contribution in [1.82, 2.24) is 9.80 Å². The third-order valence-corrected chi connectivity index (χ3v) is 4.90. The first kappa shape index (κ1) is 16.3. The van der Waals surface area contributed by atoms with Gasteiger partial charge in [0.1, 0.15) is 0 Å². The van der Waals surface area contributed by atoms with Crippen molar-refractivity contribution in [1.29, 1.82) is 0 Å². The molecular weight excluding hydrogens is 284 g/mol. The summed E-state index contributed by atoms with van der Waals surface area (Å²) in [4.78, 5) is 4.85. The van der Waals surface area contributed by atoms with Crippen LogP contribution in [-0.2, 0) is 6.42 Å². The zero-order valence-electron chi connectivity index (χ0n) is 12.7. The van der Waals surface area contributed by atoms with Gasteiger partial charge in [0.15, 0.2) is 5.84 Å². The molecule has 2 rings (SSSR count). The average Bonchev–Trinajstić information content (AvgIpc) is 3.04. The predicted molar refractivity (Wildman–Crippen MR) is 88.1 cm³/mol. The van der Waals surface area contributed by atoms with E-state index in [4.69, 9.17) is 10.9 Å². The minimum Gasteiger partial charge on any atom is -0.409 e. The fraction of sp³-hybridized carbons (Fsp3) is 0.667. The van der Waals surface area contributed by atoms with Crippen LogP contribution in [0.1, 0.15) is 25.3 Å². The highest BCUT2D eigenvalue weighted by Crippen LogP contribution is 2.13. The molecule has 1 saturated heterocycles. The molecule has 21 heavy (non-hydrogen) atoms. The predicted octanol–water partition coefficient (Wildman–Crippen LogP) is 1.82. The highest BCUT2D eigenvalue weighted by atomic mass is 32.1. The first-order valence-corrected chi connectivity index (χ1v) is 8.63. The zero-order chi connectivity index (χ0) is 15.1. The minimum absolute atomic E-state index is 0.0824. The molecule has 1 atom stereocenters. The molecule has 0 amide bonds. The third-order valence-electron chi connectivity index (χ3n) is 4.16. The number of rotatable bonds is 7. The van der Waals surface area contributed by atoms with Crippen molar-refractivity contribution in [3.05, 3.63) is 22.4 Å². The van der Waals surface area contributed by atoms with Crippen molar-refractivity contribution >= 4 is 17.2 Å². The van der Waals surface area contributed by atoms with E-state index in [0.717, 1.165) is 52.0 Å². The summed E-state index contributed by atoms with van der Waals surface area (Å²) < 4.78 is 0. The Labute approximate surface area is 131 Å². The lowest BCUT2D eigenvalue weighted by atomic mass is 10.1. The van der Waals surface area contributed by atoms with E-state index >= 15 is 0 Å². The minimum atomic E-state index is 0.0824. The smallest absolute Gasteiger partial charge is 0.156 e. The summed E-state index contributed by atoms with van der Waals surface area (Å²) in [5.74, 6) is 0.351. The topological polar surface area (TPSA) is 65.1 Å². The molecule has 5 nitrogen and oxygen atoms in total. The number of hydrogen-bond donors (Lipinski definition) is 2. The van der Waals surface area contributed by atoms with Gasteiger partial charge in [0.2, 0.25) is 0 Å². The van der Waals surface area contributed by atoms with E-state index in [1.165, 1.54) is 5.56 Å². The fourth-order valence-corrected chi connectivity index (χ4v) is 3.58. The van der Waals surface area contributed by atoms with Gasteiger partial charge in [0, 0.05) is 32.7 Å². The number of thiophene rings is 1. The number of nitrogens with two attached hydrogens (primary N) is 1. The molecule has 1 aliphatic rings. The van der Waals surface area contributed by atoms with Crippen LogP contribution in [0.4, 0.5) is 0 Å². The van der Waals surface area contributed by atoms with E-state index in [2.05, 4.69) is 38.7 Å². The summed E-state index contributed by atoms with van der Waals surface area (Å²) in [7, 11) is 0. The van der Waals surface area contributed by atoms with Crippen molar-refractivity contribution < 1.29 is 5.21 Å². The van der Waals surface area contributed by atoms with Crippen molar-refractivity contribution in [2.45, 2.75) is 32.2 Å². The Balaban J connectivity index is 1.78. The second-order valence-electron chi connectivity index (χ2n) is 5.59. The van der Waals surface area contributed by atoms with E-state index in [1.807, 2.05) is 0 Å². The van der Waals surface area contributed by atoms with Crippen LogP contribution in [-0.4, -0.2) is 59.6 Å². The second-order valence-corrected chi connectivity index (χ2v) is 6.37. The lowest BCUT2D eigenvalue weighted by Crippen LogP contribution is -2.54. The Morgan fingerprint density at radius 2 is 2.19 bits per heavy atom. The number of oxime groups is 1. The largest absolute Gasteiger partial charge is 0.409 e. The molecule has 0 bridgehead atoms. The first-order chi connectivity index (χ1) is 10.2. The molecule has 3 N–H and O–H groups in total. The van der Waals surface area contributed by atoms with E-state index in [1.54, 1.807) is 11.3 Å². The molecular formula is C15H26N4OS. The number of hydrogen-bond acceptors (Lipinski definition) is 5. The van der Waals surface area contributed by atoms with Crippen LogP contribution < -0.4 is 5.73 Å². The third kappa shape index (κ3) is 4.69.